The highest BCUT2D eigenvalue weighted by molar-refractivity contribution is 7.21. The zero-order chi connectivity index (χ0) is 31.7. The van der Waals surface area contributed by atoms with E-state index in [1.165, 1.54) is 18.2 Å². The highest BCUT2D eigenvalue weighted by Gasteiger charge is 2.24. The largest absolute Gasteiger partial charge is 0.497 e. The fraction of sp³-hybridized carbons (Fsp3) is 0.0294. The lowest BCUT2D eigenvalue weighted by Crippen LogP contribution is -2.15. The minimum atomic E-state index is -0.545. The molecule has 2 heterocycles. The van der Waals surface area contributed by atoms with E-state index in [-0.39, 0.29) is 33.3 Å². The number of nitro benzene ring substituents is 1. The highest BCUT2D eigenvalue weighted by atomic mass is 35.5. The second-order valence-electron chi connectivity index (χ2n) is 9.96. The molecule has 0 saturated carbocycles. The number of nitrogens with one attached hydrogen (secondary N) is 1. The molecule has 222 valence electrons. The molecule has 9 nitrogen and oxygen atoms in total. The van der Waals surface area contributed by atoms with Crippen LogP contribution in [-0.4, -0.2) is 28.7 Å². The number of nitrogen functional groups attached to an aromatic ring is 1. The van der Waals surface area contributed by atoms with Crippen molar-refractivity contribution in [3.63, 3.8) is 0 Å². The molecule has 0 atom stereocenters. The van der Waals surface area contributed by atoms with Gasteiger partial charge in [0.15, 0.2) is 5.78 Å². The number of anilines is 2. The van der Waals surface area contributed by atoms with Crippen LogP contribution in [0.1, 0.15) is 25.6 Å². The van der Waals surface area contributed by atoms with Gasteiger partial charge in [0.25, 0.3) is 11.6 Å². The van der Waals surface area contributed by atoms with Crippen LogP contribution in [-0.2, 0) is 0 Å². The van der Waals surface area contributed by atoms with Gasteiger partial charge in [0.2, 0.25) is 0 Å². The molecule has 0 aliphatic carbocycles. The van der Waals surface area contributed by atoms with Gasteiger partial charge < -0.3 is 15.8 Å². The van der Waals surface area contributed by atoms with Crippen LogP contribution in [0.2, 0.25) is 5.02 Å². The summed E-state index contributed by atoms with van der Waals surface area (Å²) in [4.78, 5) is 43.7. The fourth-order valence-electron chi connectivity index (χ4n) is 4.95. The summed E-state index contributed by atoms with van der Waals surface area (Å²) in [5.41, 5.74) is 10.1. The molecule has 0 aliphatic heterocycles. The Bertz CT molecular complexity index is 2110. The van der Waals surface area contributed by atoms with Gasteiger partial charge in [0.1, 0.15) is 15.5 Å². The molecule has 4 aromatic carbocycles. The Hall–Kier alpha value is -5.58. The number of halogens is 1. The van der Waals surface area contributed by atoms with Crippen molar-refractivity contribution in [2.75, 3.05) is 18.2 Å². The SMILES string of the molecule is COc1ccc(-c2cc(-c3cccc([N+](=O)[O-])c3)c3c(N)c(C(=O)Nc4ccc(Cl)cc4C(=O)c4ccccc4)sc3n2)cc1. The Labute approximate surface area is 266 Å². The van der Waals surface area contributed by atoms with Crippen LogP contribution in [0.5, 0.6) is 5.75 Å². The zero-order valence-corrected chi connectivity index (χ0v) is 25.2. The molecule has 0 fully saturated rings. The van der Waals surface area contributed by atoms with Gasteiger partial charge in [-0.25, -0.2) is 4.98 Å². The summed E-state index contributed by atoms with van der Waals surface area (Å²) in [5, 5.41) is 15.2. The Morgan fingerprint density at radius 2 is 1.69 bits per heavy atom. The maximum Gasteiger partial charge on any atom is 0.270 e. The summed E-state index contributed by atoms with van der Waals surface area (Å²) in [7, 11) is 1.57. The monoisotopic (exact) mass is 634 g/mol. The summed E-state index contributed by atoms with van der Waals surface area (Å²) in [6, 6.07) is 28.6. The second kappa shape index (κ2) is 12.2. The van der Waals surface area contributed by atoms with Gasteiger partial charge in [-0.3, -0.25) is 19.7 Å². The number of benzene rings is 4. The lowest BCUT2D eigenvalue weighted by molar-refractivity contribution is -0.384. The van der Waals surface area contributed by atoms with Crippen molar-refractivity contribution in [1.82, 2.24) is 4.98 Å². The number of hydrogen-bond donors (Lipinski definition) is 2. The van der Waals surface area contributed by atoms with Crippen molar-refractivity contribution in [2.45, 2.75) is 0 Å². The Morgan fingerprint density at radius 3 is 2.40 bits per heavy atom. The number of pyridine rings is 1. The first-order chi connectivity index (χ1) is 21.7. The summed E-state index contributed by atoms with van der Waals surface area (Å²) in [5.74, 6) is -0.183. The molecular formula is C34H23ClN4O5S. The smallest absolute Gasteiger partial charge is 0.270 e. The average molecular weight is 635 g/mol. The molecule has 0 aliphatic rings. The topological polar surface area (TPSA) is 137 Å². The number of non-ortho nitro benzene ring substituents is 1. The first kappa shape index (κ1) is 29.5. The number of fused-ring (bicyclic) bond motifs is 1. The molecule has 45 heavy (non-hydrogen) atoms. The quantitative estimate of drug-likeness (QED) is 0.0976. The van der Waals surface area contributed by atoms with Crippen molar-refractivity contribution in [3.05, 3.63) is 134 Å². The number of ether oxygens (including phenoxy) is 1. The molecule has 0 spiro atoms. The Balaban J connectivity index is 1.47. The molecule has 6 rings (SSSR count). The van der Waals surface area contributed by atoms with E-state index in [1.807, 2.05) is 12.1 Å². The number of methoxy groups -OCH3 is 1. The highest BCUT2D eigenvalue weighted by Crippen LogP contribution is 2.42. The van der Waals surface area contributed by atoms with Crippen LogP contribution in [0, 0.1) is 10.1 Å². The van der Waals surface area contributed by atoms with Gasteiger partial charge >= 0.3 is 0 Å². The fourth-order valence-corrected chi connectivity index (χ4v) is 6.14. The van der Waals surface area contributed by atoms with Crippen LogP contribution in [0.25, 0.3) is 32.6 Å². The molecule has 6 aromatic rings. The zero-order valence-electron chi connectivity index (χ0n) is 23.6. The normalized spacial score (nSPS) is 10.9. The maximum absolute atomic E-state index is 13.8. The standard InChI is InChI=1S/C34H23ClN4O5S/c1-44-24-13-10-19(11-14-24)28-18-25(21-8-5-9-23(16-21)39(42)43)29-30(36)32(45-34(29)38-28)33(41)37-27-15-12-22(35)17-26(27)31(40)20-6-3-2-4-7-20/h2-18H,36H2,1H3,(H,37,41). The number of amides is 1. The maximum atomic E-state index is 13.8. The van der Waals surface area contributed by atoms with E-state index in [9.17, 15) is 19.7 Å². The lowest BCUT2D eigenvalue weighted by Gasteiger charge is -2.11. The van der Waals surface area contributed by atoms with Crippen molar-refractivity contribution in [3.8, 4) is 28.1 Å². The molecule has 3 N–H and O–H groups in total. The van der Waals surface area contributed by atoms with Crippen molar-refractivity contribution >= 4 is 61.9 Å². The third-order valence-electron chi connectivity index (χ3n) is 7.17. The van der Waals surface area contributed by atoms with Crippen LogP contribution in [0.15, 0.2) is 103 Å². The van der Waals surface area contributed by atoms with E-state index in [4.69, 9.17) is 27.1 Å². The molecule has 1 amide bonds. The molecule has 2 aromatic heterocycles. The minimum absolute atomic E-state index is 0.0893. The molecule has 0 radical (unpaired) electrons. The van der Waals surface area contributed by atoms with Crippen LogP contribution in [0.3, 0.4) is 0 Å². The number of hydrogen-bond acceptors (Lipinski definition) is 8. The van der Waals surface area contributed by atoms with Crippen molar-refractivity contribution in [1.29, 1.82) is 0 Å². The first-order valence-corrected chi connectivity index (χ1v) is 14.8. The van der Waals surface area contributed by atoms with Crippen LogP contribution < -0.4 is 15.8 Å². The Kier molecular flexibility index (Phi) is 7.99. The lowest BCUT2D eigenvalue weighted by atomic mass is 9.99. The van der Waals surface area contributed by atoms with Crippen molar-refractivity contribution < 1.29 is 19.2 Å². The van der Waals surface area contributed by atoms with E-state index >= 15 is 0 Å². The number of ketones is 1. The third kappa shape index (κ3) is 5.84. The van der Waals surface area contributed by atoms with E-state index in [2.05, 4.69) is 5.32 Å². The summed E-state index contributed by atoms with van der Waals surface area (Å²) in [6.45, 7) is 0. The van der Waals surface area contributed by atoms with Gasteiger partial charge in [-0.1, -0.05) is 54.1 Å². The second-order valence-corrected chi connectivity index (χ2v) is 11.4. The van der Waals surface area contributed by atoms with Gasteiger partial charge in [-0.15, -0.1) is 11.3 Å². The number of nitrogens with two attached hydrogens (primary N) is 1. The number of nitro groups is 1. The van der Waals surface area contributed by atoms with Crippen LogP contribution >= 0.6 is 22.9 Å². The predicted molar refractivity (Wildman–Crippen MR) is 177 cm³/mol. The number of carbonyl (C=O) groups is 2. The molecule has 0 bridgehead atoms. The summed E-state index contributed by atoms with van der Waals surface area (Å²) in [6.07, 6.45) is 0. The van der Waals surface area contributed by atoms with Gasteiger partial charge in [-0.2, -0.15) is 0 Å². The molecule has 11 heteroatoms. The van der Waals surface area contributed by atoms with Crippen LogP contribution in [0.4, 0.5) is 17.1 Å². The molecule has 0 saturated heterocycles. The van der Waals surface area contributed by atoms with E-state index < -0.39 is 10.8 Å². The number of rotatable bonds is 8. The first-order valence-electron chi connectivity index (χ1n) is 13.6. The number of thiophene rings is 1. The summed E-state index contributed by atoms with van der Waals surface area (Å²) < 4.78 is 5.28. The minimum Gasteiger partial charge on any atom is -0.497 e. The predicted octanol–water partition coefficient (Wildman–Crippen LogP) is 8.27. The van der Waals surface area contributed by atoms with Crippen molar-refractivity contribution in [2.24, 2.45) is 0 Å². The van der Waals surface area contributed by atoms with Gasteiger partial charge in [-0.05, 0) is 59.7 Å². The van der Waals surface area contributed by atoms with E-state index in [0.29, 0.717) is 43.4 Å². The average Bonchev–Trinajstić information content (AvgIpc) is 3.41. The number of aromatic nitrogens is 1. The third-order valence-corrected chi connectivity index (χ3v) is 8.50. The number of carbonyl (C=O) groups excluding carboxylic acids is 2. The number of nitrogens with zero attached hydrogens (tertiary/aromatic N) is 2. The van der Waals surface area contributed by atoms with Gasteiger partial charge in [0, 0.05) is 39.2 Å². The summed E-state index contributed by atoms with van der Waals surface area (Å²) >= 11 is 7.31. The van der Waals surface area contributed by atoms with E-state index in [0.717, 1.165) is 16.9 Å². The molecule has 0 unspecified atom stereocenters. The van der Waals surface area contributed by atoms with E-state index in [1.54, 1.807) is 79.9 Å². The molecular weight excluding hydrogens is 612 g/mol. The van der Waals surface area contributed by atoms with Gasteiger partial charge in [0.05, 0.1) is 29.1 Å². The Morgan fingerprint density at radius 1 is 0.933 bits per heavy atom.